The fourth-order valence-electron chi connectivity index (χ4n) is 1.68. The standard InChI is InChI=1S/C12H16N4O4/c1-8-4-9(2)16(14-8)5-12(17)19-6-10-13-11(7-18-3)20-15-10/h4H,5-7H2,1-3H3. The maximum Gasteiger partial charge on any atom is 0.328 e. The molecule has 0 aromatic carbocycles. The first-order chi connectivity index (χ1) is 9.58. The molecule has 0 aliphatic carbocycles. The van der Waals surface area contributed by atoms with Gasteiger partial charge in [0, 0.05) is 12.8 Å². The number of esters is 1. The molecule has 0 atom stereocenters. The highest BCUT2D eigenvalue weighted by molar-refractivity contribution is 5.69. The summed E-state index contributed by atoms with van der Waals surface area (Å²) in [5.74, 6) is 0.241. The highest BCUT2D eigenvalue weighted by atomic mass is 16.5. The zero-order valence-electron chi connectivity index (χ0n) is 11.6. The molecule has 20 heavy (non-hydrogen) atoms. The Morgan fingerprint density at radius 3 is 2.85 bits per heavy atom. The number of rotatable bonds is 6. The maximum absolute atomic E-state index is 11.7. The van der Waals surface area contributed by atoms with Crippen molar-refractivity contribution in [2.24, 2.45) is 0 Å². The van der Waals surface area contributed by atoms with E-state index in [-0.39, 0.29) is 19.8 Å². The summed E-state index contributed by atoms with van der Waals surface area (Å²) in [6, 6.07) is 1.89. The largest absolute Gasteiger partial charge is 0.456 e. The van der Waals surface area contributed by atoms with Gasteiger partial charge in [-0.25, -0.2) is 0 Å². The van der Waals surface area contributed by atoms with Crippen LogP contribution in [-0.4, -0.2) is 33.0 Å². The number of nitrogens with zero attached hydrogens (tertiary/aromatic N) is 4. The molecular formula is C12H16N4O4. The van der Waals surface area contributed by atoms with E-state index in [0.717, 1.165) is 11.4 Å². The van der Waals surface area contributed by atoms with Gasteiger partial charge < -0.3 is 14.0 Å². The second-order valence-corrected chi connectivity index (χ2v) is 4.28. The lowest BCUT2D eigenvalue weighted by Crippen LogP contribution is -2.16. The molecule has 2 heterocycles. The summed E-state index contributed by atoms with van der Waals surface area (Å²) in [5, 5.41) is 7.85. The lowest BCUT2D eigenvalue weighted by molar-refractivity contribution is -0.146. The second-order valence-electron chi connectivity index (χ2n) is 4.28. The van der Waals surface area contributed by atoms with Gasteiger partial charge in [-0.3, -0.25) is 9.48 Å². The third-order valence-electron chi connectivity index (χ3n) is 2.52. The Morgan fingerprint density at radius 2 is 2.20 bits per heavy atom. The van der Waals surface area contributed by atoms with Crippen molar-refractivity contribution in [2.45, 2.75) is 33.6 Å². The molecule has 108 valence electrons. The molecule has 0 saturated carbocycles. The van der Waals surface area contributed by atoms with E-state index in [9.17, 15) is 4.79 Å². The summed E-state index contributed by atoms with van der Waals surface area (Å²) in [4.78, 5) is 15.7. The molecule has 0 radical (unpaired) electrons. The zero-order chi connectivity index (χ0) is 14.5. The third-order valence-corrected chi connectivity index (χ3v) is 2.52. The van der Waals surface area contributed by atoms with E-state index >= 15 is 0 Å². The van der Waals surface area contributed by atoms with Gasteiger partial charge in [0.1, 0.15) is 13.2 Å². The molecule has 0 fully saturated rings. The third kappa shape index (κ3) is 3.64. The van der Waals surface area contributed by atoms with Crippen LogP contribution >= 0.6 is 0 Å². The molecule has 2 rings (SSSR count). The Balaban J connectivity index is 1.84. The zero-order valence-corrected chi connectivity index (χ0v) is 11.6. The highest BCUT2D eigenvalue weighted by Gasteiger charge is 2.11. The average Bonchev–Trinajstić information content (AvgIpc) is 2.95. The average molecular weight is 280 g/mol. The van der Waals surface area contributed by atoms with Crippen molar-refractivity contribution in [1.82, 2.24) is 19.9 Å². The van der Waals surface area contributed by atoms with Crippen LogP contribution < -0.4 is 0 Å². The van der Waals surface area contributed by atoms with Crippen LogP contribution in [0.1, 0.15) is 23.1 Å². The van der Waals surface area contributed by atoms with Crippen LogP contribution in [0.5, 0.6) is 0 Å². The summed E-state index contributed by atoms with van der Waals surface area (Å²) >= 11 is 0. The van der Waals surface area contributed by atoms with E-state index in [1.165, 1.54) is 7.11 Å². The van der Waals surface area contributed by atoms with Crippen molar-refractivity contribution in [2.75, 3.05) is 7.11 Å². The van der Waals surface area contributed by atoms with Crippen LogP contribution in [0.3, 0.4) is 0 Å². The van der Waals surface area contributed by atoms with E-state index in [2.05, 4.69) is 15.2 Å². The monoisotopic (exact) mass is 280 g/mol. The lowest BCUT2D eigenvalue weighted by Gasteiger charge is -2.04. The van der Waals surface area contributed by atoms with Crippen molar-refractivity contribution in [3.05, 3.63) is 29.2 Å². The Bertz CT molecular complexity index is 590. The van der Waals surface area contributed by atoms with Crippen molar-refractivity contribution in [3.63, 3.8) is 0 Å². The fraction of sp³-hybridized carbons (Fsp3) is 0.500. The van der Waals surface area contributed by atoms with Crippen molar-refractivity contribution < 1.29 is 18.8 Å². The molecule has 0 bridgehead atoms. The van der Waals surface area contributed by atoms with Gasteiger partial charge in [0.25, 0.3) is 5.89 Å². The van der Waals surface area contributed by atoms with Crippen molar-refractivity contribution in [1.29, 1.82) is 0 Å². The Labute approximate surface area is 115 Å². The van der Waals surface area contributed by atoms with Crippen molar-refractivity contribution in [3.8, 4) is 0 Å². The quantitative estimate of drug-likeness (QED) is 0.721. The predicted octanol–water partition coefficient (Wildman–Crippen LogP) is 0.773. The number of hydrogen-bond donors (Lipinski definition) is 0. The SMILES string of the molecule is COCc1nc(COC(=O)Cn2nc(C)cc2C)no1. The highest BCUT2D eigenvalue weighted by Crippen LogP contribution is 2.04. The lowest BCUT2D eigenvalue weighted by atomic mass is 10.4. The van der Waals surface area contributed by atoms with Crippen LogP contribution in [0.2, 0.25) is 0 Å². The first-order valence-corrected chi connectivity index (χ1v) is 6.05. The van der Waals surface area contributed by atoms with Gasteiger partial charge in [-0.1, -0.05) is 5.16 Å². The van der Waals surface area contributed by atoms with Gasteiger partial charge in [0.2, 0.25) is 5.82 Å². The van der Waals surface area contributed by atoms with Gasteiger partial charge >= 0.3 is 5.97 Å². The molecule has 0 amide bonds. The van der Waals surface area contributed by atoms with Crippen LogP contribution in [0.4, 0.5) is 0 Å². The van der Waals surface area contributed by atoms with Gasteiger partial charge in [-0.15, -0.1) is 0 Å². The van der Waals surface area contributed by atoms with E-state index in [1.54, 1.807) is 4.68 Å². The number of aromatic nitrogens is 4. The molecule has 8 nitrogen and oxygen atoms in total. The smallest absolute Gasteiger partial charge is 0.328 e. The molecule has 0 saturated heterocycles. The topological polar surface area (TPSA) is 92.3 Å². The molecule has 8 heteroatoms. The maximum atomic E-state index is 11.7. The molecule has 0 aliphatic rings. The van der Waals surface area contributed by atoms with E-state index in [1.807, 2.05) is 19.9 Å². The fourth-order valence-corrected chi connectivity index (χ4v) is 1.68. The van der Waals surface area contributed by atoms with Crippen LogP contribution in [0.25, 0.3) is 0 Å². The normalized spacial score (nSPS) is 10.8. The summed E-state index contributed by atoms with van der Waals surface area (Å²) in [7, 11) is 1.53. The van der Waals surface area contributed by atoms with Gasteiger partial charge in [0.15, 0.2) is 6.61 Å². The minimum atomic E-state index is -0.408. The summed E-state index contributed by atoms with van der Waals surface area (Å²) < 4.78 is 16.4. The van der Waals surface area contributed by atoms with Crippen LogP contribution in [-0.2, 0) is 34.0 Å². The second kappa shape index (κ2) is 6.29. The number of ether oxygens (including phenoxy) is 2. The molecule has 0 aliphatic heterocycles. The number of aryl methyl sites for hydroxylation is 2. The number of carbonyl (C=O) groups excluding carboxylic acids is 1. The first-order valence-electron chi connectivity index (χ1n) is 6.05. The minimum Gasteiger partial charge on any atom is -0.456 e. The molecule has 2 aromatic heterocycles. The molecule has 0 N–H and O–H groups in total. The predicted molar refractivity (Wildman–Crippen MR) is 66.5 cm³/mol. The van der Waals surface area contributed by atoms with E-state index in [0.29, 0.717) is 11.7 Å². The van der Waals surface area contributed by atoms with E-state index in [4.69, 9.17) is 14.0 Å². The van der Waals surface area contributed by atoms with Gasteiger partial charge in [0.05, 0.1) is 5.69 Å². The Hall–Kier alpha value is -2.22. The number of hydrogen-bond acceptors (Lipinski definition) is 7. The molecule has 0 unspecified atom stereocenters. The molecular weight excluding hydrogens is 264 g/mol. The van der Waals surface area contributed by atoms with Crippen molar-refractivity contribution >= 4 is 5.97 Å². The number of carbonyl (C=O) groups is 1. The molecule has 0 spiro atoms. The minimum absolute atomic E-state index is 0.0364. The summed E-state index contributed by atoms with van der Waals surface area (Å²) in [6.45, 7) is 4.00. The first kappa shape index (κ1) is 14.2. The number of methoxy groups -OCH3 is 1. The molecule has 2 aromatic rings. The Kier molecular flexibility index (Phi) is 4.46. The van der Waals surface area contributed by atoms with Gasteiger partial charge in [-0.2, -0.15) is 10.1 Å². The van der Waals surface area contributed by atoms with Crippen LogP contribution in [0, 0.1) is 13.8 Å². The van der Waals surface area contributed by atoms with E-state index < -0.39 is 5.97 Å². The van der Waals surface area contributed by atoms with Crippen LogP contribution in [0.15, 0.2) is 10.6 Å². The summed E-state index contributed by atoms with van der Waals surface area (Å²) in [6.07, 6.45) is 0. The summed E-state index contributed by atoms with van der Waals surface area (Å²) in [5.41, 5.74) is 1.76. The Morgan fingerprint density at radius 1 is 1.40 bits per heavy atom. The van der Waals surface area contributed by atoms with Gasteiger partial charge in [-0.05, 0) is 19.9 Å².